The number of methoxy groups -OCH3 is 1. The van der Waals surface area contributed by atoms with Crippen molar-refractivity contribution in [2.75, 3.05) is 7.11 Å². The zero-order valence-electron chi connectivity index (χ0n) is 13.3. The molecule has 1 aromatic carbocycles. The molecule has 0 saturated carbocycles. The summed E-state index contributed by atoms with van der Waals surface area (Å²) in [6.07, 6.45) is 3.14. The molecule has 1 atom stereocenters. The lowest BCUT2D eigenvalue weighted by molar-refractivity contribution is -0.384. The first kappa shape index (κ1) is 18.3. The molecule has 0 saturated heterocycles. The monoisotopic (exact) mass is 320 g/mol. The highest BCUT2D eigenvalue weighted by Crippen LogP contribution is 2.14. The first-order valence-electron chi connectivity index (χ1n) is 7.14. The van der Waals surface area contributed by atoms with Gasteiger partial charge in [-0.25, -0.2) is 4.79 Å². The van der Waals surface area contributed by atoms with Gasteiger partial charge in [0.2, 0.25) is 5.91 Å². The topological polar surface area (TPSA) is 98.5 Å². The van der Waals surface area contributed by atoms with E-state index in [2.05, 4.69) is 10.1 Å². The Labute approximate surface area is 134 Å². The molecule has 1 aromatic rings. The van der Waals surface area contributed by atoms with Crippen LogP contribution < -0.4 is 5.32 Å². The molecule has 0 spiro atoms. The number of non-ortho nitro benzene ring substituents is 1. The molecular formula is C16H20N2O5. The third kappa shape index (κ3) is 6.29. The van der Waals surface area contributed by atoms with Crippen molar-refractivity contribution in [2.24, 2.45) is 5.92 Å². The number of carbonyl (C=O) groups is 2. The van der Waals surface area contributed by atoms with Gasteiger partial charge in [0.1, 0.15) is 6.04 Å². The number of hydrogen-bond donors (Lipinski definition) is 1. The van der Waals surface area contributed by atoms with Crippen molar-refractivity contribution >= 4 is 23.6 Å². The second kappa shape index (κ2) is 8.67. The summed E-state index contributed by atoms with van der Waals surface area (Å²) in [6, 6.07) is 5.18. The molecule has 0 aliphatic rings. The summed E-state index contributed by atoms with van der Waals surface area (Å²) >= 11 is 0. The Morgan fingerprint density at radius 1 is 1.39 bits per heavy atom. The molecule has 1 unspecified atom stereocenters. The molecule has 7 heteroatoms. The molecule has 0 radical (unpaired) electrons. The minimum Gasteiger partial charge on any atom is -0.467 e. The largest absolute Gasteiger partial charge is 0.467 e. The number of amides is 1. The second-order valence-corrected chi connectivity index (χ2v) is 5.40. The molecule has 124 valence electrons. The predicted octanol–water partition coefficient (Wildman–Crippen LogP) is 2.31. The quantitative estimate of drug-likeness (QED) is 0.360. The number of nitro groups is 1. The maximum Gasteiger partial charge on any atom is 0.328 e. The van der Waals surface area contributed by atoms with Gasteiger partial charge in [-0.2, -0.15) is 0 Å². The van der Waals surface area contributed by atoms with Crippen molar-refractivity contribution in [3.05, 3.63) is 46.0 Å². The van der Waals surface area contributed by atoms with Gasteiger partial charge in [0, 0.05) is 18.2 Å². The maximum absolute atomic E-state index is 11.9. The van der Waals surface area contributed by atoms with E-state index in [1.165, 1.54) is 37.5 Å². The van der Waals surface area contributed by atoms with Crippen molar-refractivity contribution in [1.82, 2.24) is 5.32 Å². The Hall–Kier alpha value is -2.70. The Balaban J connectivity index is 2.75. The molecule has 0 aliphatic carbocycles. The molecule has 0 aromatic heterocycles. The number of ether oxygens (including phenoxy) is 1. The summed E-state index contributed by atoms with van der Waals surface area (Å²) < 4.78 is 4.67. The van der Waals surface area contributed by atoms with Crippen LogP contribution in [0.2, 0.25) is 0 Å². The van der Waals surface area contributed by atoms with Crippen LogP contribution in [0.4, 0.5) is 5.69 Å². The van der Waals surface area contributed by atoms with Gasteiger partial charge in [0.15, 0.2) is 0 Å². The van der Waals surface area contributed by atoms with Crippen molar-refractivity contribution < 1.29 is 19.2 Å². The minimum absolute atomic E-state index is 0.0557. The van der Waals surface area contributed by atoms with Gasteiger partial charge >= 0.3 is 5.97 Å². The maximum atomic E-state index is 11.9. The lowest BCUT2D eigenvalue weighted by atomic mass is 10.0. The lowest BCUT2D eigenvalue weighted by Crippen LogP contribution is -2.41. The Kier molecular flexibility index (Phi) is 6.92. The third-order valence-corrected chi connectivity index (χ3v) is 3.02. The molecule has 7 nitrogen and oxygen atoms in total. The van der Waals surface area contributed by atoms with E-state index in [9.17, 15) is 19.7 Å². The van der Waals surface area contributed by atoms with Crippen molar-refractivity contribution in [3.63, 3.8) is 0 Å². The van der Waals surface area contributed by atoms with Gasteiger partial charge in [-0.1, -0.05) is 26.0 Å². The number of benzene rings is 1. The van der Waals surface area contributed by atoms with Gasteiger partial charge in [0.25, 0.3) is 5.69 Å². The molecule has 1 N–H and O–H groups in total. The zero-order chi connectivity index (χ0) is 17.4. The van der Waals surface area contributed by atoms with Crippen molar-refractivity contribution in [1.29, 1.82) is 0 Å². The van der Waals surface area contributed by atoms with E-state index in [0.29, 0.717) is 12.0 Å². The minimum atomic E-state index is -0.720. The van der Waals surface area contributed by atoms with Crippen molar-refractivity contribution in [2.45, 2.75) is 26.3 Å². The first-order valence-corrected chi connectivity index (χ1v) is 7.14. The summed E-state index contributed by atoms with van der Waals surface area (Å²) in [5.74, 6) is -0.761. The molecule has 0 fully saturated rings. The standard InChI is InChI=1S/C16H20N2O5/c1-11(2)9-14(16(20)23-3)17-15(19)8-7-12-5-4-6-13(10-12)18(21)22/h4-8,10-11,14H,9H2,1-3H3,(H,17,19). The number of esters is 1. The van der Waals surface area contributed by atoms with Gasteiger partial charge < -0.3 is 10.1 Å². The first-order chi connectivity index (χ1) is 10.8. The highest BCUT2D eigenvalue weighted by molar-refractivity contribution is 5.94. The van der Waals surface area contributed by atoms with Crippen LogP contribution >= 0.6 is 0 Å². The summed E-state index contributed by atoms with van der Waals surface area (Å²) in [5, 5.41) is 13.3. The summed E-state index contributed by atoms with van der Waals surface area (Å²) in [4.78, 5) is 33.7. The molecule has 1 rings (SSSR count). The van der Waals surface area contributed by atoms with Crippen LogP contribution in [0.3, 0.4) is 0 Å². The lowest BCUT2D eigenvalue weighted by Gasteiger charge is -2.17. The fourth-order valence-electron chi connectivity index (χ4n) is 1.96. The predicted molar refractivity (Wildman–Crippen MR) is 85.5 cm³/mol. The number of nitrogens with one attached hydrogen (secondary N) is 1. The van der Waals surface area contributed by atoms with Gasteiger partial charge in [-0.05, 0) is 24.0 Å². The number of hydrogen-bond acceptors (Lipinski definition) is 5. The smallest absolute Gasteiger partial charge is 0.328 e. The van der Waals surface area contributed by atoms with Gasteiger partial charge in [-0.3, -0.25) is 14.9 Å². The van der Waals surface area contributed by atoms with Crippen LogP contribution in [-0.4, -0.2) is 30.0 Å². The van der Waals surface area contributed by atoms with E-state index in [0.717, 1.165) is 0 Å². The Morgan fingerprint density at radius 3 is 2.65 bits per heavy atom. The van der Waals surface area contributed by atoms with Crippen LogP contribution in [0.15, 0.2) is 30.3 Å². The van der Waals surface area contributed by atoms with Crippen LogP contribution in [0, 0.1) is 16.0 Å². The summed E-state index contributed by atoms with van der Waals surface area (Å²) in [6.45, 7) is 3.86. The van der Waals surface area contributed by atoms with Crippen LogP contribution in [0.25, 0.3) is 6.08 Å². The molecule has 0 bridgehead atoms. The van der Waals surface area contributed by atoms with E-state index < -0.39 is 22.8 Å². The van der Waals surface area contributed by atoms with Crippen LogP contribution in [-0.2, 0) is 14.3 Å². The number of nitro benzene ring substituents is 1. The Morgan fingerprint density at radius 2 is 2.09 bits per heavy atom. The molecule has 1 amide bonds. The fourth-order valence-corrected chi connectivity index (χ4v) is 1.96. The number of nitrogens with zero attached hydrogens (tertiary/aromatic N) is 1. The highest BCUT2D eigenvalue weighted by Gasteiger charge is 2.21. The third-order valence-electron chi connectivity index (χ3n) is 3.02. The average molecular weight is 320 g/mol. The SMILES string of the molecule is COC(=O)C(CC(C)C)NC(=O)C=Cc1cccc([N+](=O)[O-])c1. The fraction of sp³-hybridized carbons (Fsp3) is 0.375. The molecular weight excluding hydrogens is 300 g/mol. The van der Waals surface area contributed by atoms with Gasteiger partial charge in [0.05, 0.1) is 12.0 Å². The zero-order valence-corrected chi connectivity index (χ0v) is 13.3. The van der Waals surface area contributed by atoms with E-state index in [1.807, 2.05) is 13.8 Å². The molecule has 0 aliphatic heterocycles. The van der Waals surface area contributed by atoms with Crippen LogP contribution in [0.1, 0.15) is 25.8 Å². The summed E-state index contributed by atoms with van der Waals surface area (Å²) in [7, 11) is 1.26. The van der Waals surface area contributed by atoms with Gasteiger partial charge in [-0.15, -0.1) is 0 Å². The second-order valence-electron chi connectivity index (χ2n) is 5.40. The van der Waals surface area contributed by atoms with Crippen molar-refractivity contribution in [3.8, 4) is 0 Å². The van der Waals surface area contributed by atoms with E-state index in [4.69, 9.17) is 0 Å². The van der Waals surface area contributed by atoms with Crippen LogP contribution in [0.5, 0.6) is 0 Å². The normalized spacial score (nSPS) is 12.2. The van der Waals surface area contributed by atoms with E-state index in [-0.39, 0.29) is 11.6 Å². The number of carbonyl (C=O) groups excluding carboxylic acids is 2. The Bertz CT molecular complexity index is 610. The molecule has 23 heavy (non-hydrogen) atoms. The average Bonchev–Trinajstić information content (AvgIpc) is 2.51. The molecule has 0 heterocycles. The van der Waals surface area contributed by atoms with E-state index in [1.54, 1.807) is 6.07 Å². The highest BCUT2D eigenvalue weighted by atomic mass is 16.6. The number of rotatable bonds is 7. The summed E-state index contributed by atoms with van der Waals surface area (Å²) in [5.41, 5.74) is 0.465. The van der Waals surface area contributed by atoms with E-state index >= 15 is 0 Å².